The van der Waals surface area contributed by atoms with Crippen LogP contribution in [0, 0.1) is 0 Å². The maximum Gasteiger partial charge on any atom is 0.221 e. The Balaban J connectivity index is 2.14. The van der Waals surface area contributed by atoms with E-state index in [2.05, 4.69) is 9.97 Å². The van der Waals surface area contributed by atoms with Gasteiger partial charge in [0.2, 0.25) is 5.95 Å². The van der Waals surface area contributed by atoms with Gasteiger partial charge in [0, 0.05) is 11.1 Å². The van der Waals surface area contributed by atoms with E-state index in [1.165, 1.54) is 0 Å². The molecule has 0 fully saturated rings. The predicted octanol–water partition coefficient (Wildman–Crippen LogP) is 3.43. The standard InChI is InChI=1S/C20H21N3O4/c1-24-16-9-8-12(10-18(16)26-3)14-11-15(23-20(21)22-14)13-6-5-7-17(25-2)19(13)27-4/h5-11H,1-4H3,(H2,21,22,23). The molecule has 0 radical (unpaired) electrons. The number of ether oxygens (including phenoxy) is 4. The molecular formula is C20H21N3O4. The average Bonchev–Trinajstić information content (AvgIpc) is 2.71. The Bertz CT molecular complexity index is 960. The summed E-state index contributed by atoms with van der Waals surface area (Å²) in [5.74, 6) is 2.59. The van der Waals surface area contributed by atoms with Gasteiger partial charge in [-0.1, -0.05) is 6.07 Å². The fraction of sp³-hybridized carbons (Fsp3) is 0.200. The molecule has 0 aliphatic heterocycles. The third kappa shape index (κ3) is 3.57. The fourth-order valence-corrected chi connectivity index (χ4v) is 2.84. The first-order chi connectivity index (χ1) is 13.1. The van der Waals surface area contributed by atoms with Gasteiger partial charge in [-0.15, -0.1) is 0 Å². The summed E-state index contributed by atoms with van der Waals surface area (Å²) >= 11 is 0. The van der Waals surface area contributed by atoms with Crippen molar-refractivity contribution >= 4 is 5.95 Å². The summed E-state index contributed by atoms with van der Waals surface area (Å²) in [6.45, 7) is 0. The number of methoxy groups -OCH3 is 4. The zero-order valence-corrected chi connectivity index (χ0v) is 15.6. The summed E-state index contributed by atoms with van der Waals surface area (Å²) < 4.78 is 21.5. The summed E-state index contributed by atoms with van der Waals surface area (Å²) in [5, 5.41) is 0. The van der Waals surface area contributed by atoms with Gasteiger partial charge in [0.25, 0.3) is 0 Å². The lowest BCUT2D eigenvalue weighted by molar-refractivity contribution is 0.355. The van der Waals surface area contributed by atoms with Gasteiger partial charge in [-0.25, -0.2) is 9.97 Å². The molecule has 0 aliphatic rings. The van der Waals surface area contributed by atoms with Crippen LogP contribution in [-0.4, -0.2) is 38.4 Å². The first-order valence-electron chi connectivity index (χ1n) is 8.19. The van der Waals surface area contributed by atoms with Crippen LogP contribution in [-0.2, 0) is 0 Å². The van der Waals surface area contributed by atoms with Crippen LogP contribution in [0.5, 0.6) is 23.0 Å². The van der Waals surface area contributed by atoms with Crippen molar-refractivity contribution in [1.29, 1.82) is 0 Å². The quantitative estimate of drug-likeness (QED) is 0.714. The van der Waals surface area contributed by atoms with Crippen LogP contribution in [0.25, 0.3) is 22.5 Å². The molecule has 3 aromatic rings. The monoisotopic (exact) mass is 367 g/mol. The highest BCUT2D eigenvalue weighted by molar-refractivity contribution is 5.76. The number of benzene rings is 2. The largest absolute Gasteiger partial charge is 0.493 e. The molecular weight excluding hydrogens is 346 g/mol. The SMILES string of the molecule is COc1ccc(-c2cc(-c3cccc(OC)c3OC)nc(N)n2)cc1OC. The third-order valence-electron chi connectivity index (χ3n) is 4.10. The predicted molar refractivity (Wildman–Crippen MR) is 104 cm³/mol. The van der Waals surface area contributed by atoms with Gasteiger partial charge < -0.3 is 24.7 Å². The van der Waals surface area contributed by atoms with Crippen LogP contribution in [0.3, 0.4) is 0 Å². The summed E-state index contributed by atoms with van der Waals surface area (Å²) in [5.41, 5.74) is 8.84. The van der Waals surface area contributed by atoms with Gasteiger partial charge in [-0.05, 0) is 36.4 Å². The molecule has 3 rings (SSSR count). The van der Waals surface area contributed by atoms with Crippen LogP contribution >= 0.6 is 0 Å². The minimum atomic E-state index is 0.155. The second-order valence-electron chi connectivity index (χ2n) is 5.61. The molecule has 1 heterocycles. The molecule has 0 saturated heterocycles. The number of para-hydroxylation sites is 1. The molecule has 0 amide bonds. The van der Waals surface area contributed by atoms with Crippen LogP contribution in [0.2, 0.25) is 0 Å². The number of rotatable bonds is 6. The normalized spacial score (nSPS) is 10.4. The van der Waals surface area contributed by atoms with E-state index in [4.69, 9.17) is 24.7 Å². The first-order valence-corrected chi connectivity index (χ1v) is 8.19. The highest BCUT2D eigenvalue weighted by Crippen LogP contribution is 2.38. The fourth-order valence-electron chi connectivity index (χ4n) is 2.84. The minimum Gasteiger partial charge on any atom is -0.493 e. The van der Waals surface area contributed by atoms with Crippen molar-refractivity contribution in [2.24, 2.45) is 0 Å². The molecule has 0 unspecified atom stereocenters. The number of hydrogen-bond donors (Lipinski definition) is 1. The van der Waals surface area contributed by atoms with Gasteiger partial charge in [-0.3, -0.25) is 0 Å². The zero-order chi connectivity index (χ0) is 19.4. The van der Waals surface area contributed by atoms with E-state index in [0.717, 1.165) is 11.1 Å². The molecule has 1 aromatic heterocycles. The molecule has 0 spiro atoms. The van der Waals surface area contributed by atoms with E-state index < -0.39 is 0 Å². The van der Waals surface area contributed by atoms with Crippen molar-refractivity contribution < 1.29 is 18.9 Å². The number of aromatic nitrogens is 2. The van der Waals surface area contributed by atoms with Crippen molar-refractivity contribution in [2.75, 3.05) is 34.2 Å². The zero-order valence-electron chi connectivity index (χ0n) is 15.6. The van der Waals surface area contributed by atoms with Crippen molar-refractivity contribution in [3.8, 4) is 45.5 Å². The summed E-state index contributed by atoms with van der Waals surface area (Å²) in [6.07, 6.45) is 0. The number of anilines is 1. The number of nitrogens with two attached hydrogens (primary N) is 1. The second kappa shape index (κ2) is 7.82. The lowest BCUT2D eigenvalue weighted by Crippen LogP contribution is -2.00. The van der Waals surface area contributed by atoms with E-state index in [0.29, 0.717) is 34.4 Å². The highest BCUT2D eigenvalue weighted by atomic mass is 16.5. The maximum atomic E-state index is 5.97. The Labute approximate surface area is 157 Å². The van der Waals surface area contributed by atoms with Gasteiger partial charge in [0.05, 0.1) is 39.8 Å². The Morgan fingerprint density at radius 1 is 0.704 bits per heavy atom. The van der Waals surface area contributed by atoms with Gasteiger partial charge in [0.1, 0.15) is 0 Å². The Hall–Kier alpha value is -3.48. The molecule has 7 nitrogen and oxygen atoms in total. The molecule has 140 valence electrons. The topological polar surface area (TPSA) is 88.7 Å². The summed E-state index contributed by atoms with van der Waals surface area (Å²) in [7, 11) is 6.35. The first kappa shape index (κ1) is 18.3. The Morgan fingerprint density at radius 3 is 2.07 bits per heavy atom. The third-order valence-corrected chi connectivity index (χ3v) is 4.10. The Kier molecular flexibility index (Phi) is 5.30. The van der Waals surface area contributed by atoms with Crippen molar-refractivity contribution in [3.63, 3.8) is 0 Å². The van der Waals surface area contributed by atoms with Crippen LogP contribution < -0.4 is 24.7 Å². The van der Waals surface area contributed by atoms with E-state index in [1.54, 1.807) is 28.4 Å². The van der Waals surface area contributed by atoms with E-state index in [1.807, 2.05) is 42.5 Å². The summed E-state index contributed by atoms with van der Waals surface area (Å²) in [4.78, 5) is 8.72. The second-order valence-corrected chi connectivity index (χ2v) is 5.61. The van der Waals surface area contributed by atoms with Crippen molar-refractivity contribution in [3.05, 3.63) is 42.5 Å². The van der Waals surface area contributed by atoms with Crippen molar-refractivity contribution in [1.82, 2.24) is 9.97 Å². The lowest BCUT2D eigenvalue weighted by Gasteiger charge is -2.14. The van der Waals surface area contributed by atoms with Crippen molar-refractivity contribution in [2.45, 2.75) is 0 Å². The van der Waals surface area contributed by atoms with Crippen LogP contribution in [0.15, 0.2) is 42.5 Å². The lowest BCUT2D eigenvalue weighted by atomic mass is 10.1. The van der Waals surface area contributed by atoms with Crippen LogP contribution in [0.4, 0.5) is 5.95 Å². The van der Waals surface area contributed by atoms with Gasteiger partial charge >= 0.3 is 0 Å². The van der Waals surface area contributed by atoms with Crippen LogP contribution in [0.1, 0.15) is 0 Å². The van der Waals surface area contributed by atoms with E-state index in [9.17, 15) is 0 Å². The maximum absolute atomic E-state index is 5.97. The molecule has 2 N–H and O–H groups in total. The Morgan fingerprint density at radius 2 is 1.41 bits per heavy atom. The average molecular weight is 367 g/mol. The minimum absolute atomic E-state index is 0.155. The van der Waals surface area contributed by atoms with E-state index in [-0.39, 0.29) is 5.95 Å². The molecule has 27 heavy (non-hydrogen) atoms. The van der Waals surface area contributed by atoms with Gasteiger partial charge in [0.15, 0.2) is 23.0 Å². The molecule has 0 saturated carbocycles. The molecule has 0 aliphatic carbocycles. The molecule has 2 aromatic carbocycles. The highest BCUT2D eigenvalue weighted by Gasteiger charge is 2.15. The van der Waals surface area contributed by atoms with Gasteiger partial charge in [-0.2, -0.15) is 0 Å². The summed E-state index contributed by atoms with van der Waals surface area (Å²) in [6, 6.07) is 13.0. The number of nitrogen functional groups attached to an aromatic ring is 1. The molecule has 7 heteroatoms. The number of hydrogen-bond acceptors (Lipinski definition) is 7. The number of nitrogens with zero attached hydrogens (tertiary/aromatic N) is 2. The smallest absolute Gasteiger partial charge is 0.221 e. The molecule has 0 bridgehead atoms. The van der Waals surface area contributed by atoms with E-state index >= 15 is 0 Å². The molecule has 0 atom stereocenters.